The number of hydrogen-bond acceptors (Lipinski definition) is 2. The molecule has 0 aliphatic heterocycles. The Morgan fingerprint density at radius 2 is 2.21 bits per heavy atom. The first-order chi connectivity index (χ1) is 9.09. The molecule has 0 amide bonds. The third-order valence-electron chi connectivity index (χ3n) is 3.15. The van der Waals surface area contributed by atoms with Crippen LogP contribution in [0, 0.1) is 5.82 Å². The van der Waals surface area contributed by atoms with E-state index >= 15 is 0 Å². The molecule has 3 rings (SSSR count). The molecule has 1 N–H and O–H groups in total. The Morgan fingerprint density at radius 1 is 1.47 bits per heavy atom. The summed E-state index contributed by atoms with van der Waals surface area (Å²) in [4.78, 5) is 11.2. The van der Waals surface area contributed by atoms with Crippen LogP contribution < -0.4 is 0 Å². The molecule has 98 valence electrons. The smallest absolute Gasteiger partial charge is 0.339 e. The van der Waals surface area contributed by atoms with Gasteiger partial charge in [0.1, 0.15) is 17.1 Å². The summed E-state index contributed by atoms with van der Waals surface area (Å²) >= 11 is 6.00. The molecule has 0 bridgehead atoms. The van der Waals surface area contributed by atoms with E-state index in [9.17, 15) is 9.18 Å². The lowest BCUT2D eigenvalue weighted by atomic mass is 10.1. The Balaban J connectivity index is 2.23. The number of halogens is 2. The van der Waals surface area contributed by atoms with Gasteiger partial charge in [-0.25, -0.2) is 13.9 Å². The van der Waals surface area contributed by atoms with Crippen molar-refractivity contribution in [3.05, 3.63) is 46.5 Å². The summed E-state index contributed by atoms with van der Waals surface area (Å²) in [6, 6.07) is 4.33. The predicted octanol–water partition coefficient (Wildman–Crippen LogP) is 3.24. The second-order valence-electron chi connectivity index (χ2n) is 4.50. The molecule has 0 atom stereocenters. The average molecular weight is 281 g/mol. The van der Waals surface area contributed by atoms with Gasteiger partial charge >= 0.3 is 5.97 Å². The number of carbonyl (C=O) groups is 1. The molecule has 1 aliphatic carbocycles. The number of para-hydroxylation sites is 1. The van der Waals surface area contributed by atoms with E-state index in [1.807, 2.05) is 0 Å². The first-order valence-electron chi connectivity index (χ1n) is 5.85. The highest BCUT2D eigenvalue weighted by Gasteiger charge is 2.33. The predicted molar refractivity (Wildman–Crippen MR) is 67.5 cm³/mol. The molecule has 0 radical (unpaired) electrons. The monoisotopic (exact) mass is 280 g/mol. The summed E-state index contributed by atoms with van der Waals surface area (Å²) in [5.41, 5.74) is 0.750. The van der Waals surface area contributed by atoms with Crippen LogP contribution in [0.25, 0.3) is 5.69 Å². The third kappa shape index (κ3) is 2.00. The molecule has 0 spiro atoms. The Bertz CT molecular complexity index is 644. The molecule has 0 unspecified atom stereocenters. The number of carboxylic acids is 1. The van der Waals surface area contributed by atoms with Crippen molar-refractivity contribution in [3.63, 3.8) is 0 Å². The van der Waals surface area contributed by atoms with Crippen LogP contribution in [-0.4, -0.2) is 20.9 Å². The highest BCUT2D eigenvalue weighted by molar-refractivity contribution is 6.32. The molecule has 4 nitrogen and oxygen atoms in total. The summed E-state index contributed by atoms with van der Waals surface area (Å²) in [5, 5.41) is 13.4. The van der Waals surface area contributed by atoms with Crippen molar-refractivity contribution in [2.75, 3.05) is 0 Å². The number of hydrogen-bond donors (Lipinski definition) is 1. The highest BCUT2D eigenvalue weighted by Crippen LogP contribution is 2.43. The fourth-order valence-corrected chi connectivity index (χ4v) is 2.38. The van der Waals surface area contributed by atoms with E-state index in [4.69, 9.17) is 16.7 Å². The Labute approximate surface area is 113 Å². The number of carboxylic acid groups (broad SMARTS) is 1. The zero-order valence-corrected chi connectivity index (χ0v) is 10.6. The van der Waals surface area contributed by atoms with E-state index in [-0.39, 0.29) is 22.2 Å². The quantitative estimate of drug-likeness (QED) is 0.939. The molecular weight excluding hydrogens is 271 g/mol. The van der Waals surface area contributed by atoms with E-state index in [0.29, 0.717) is 5.69 Å². The third-order valence-corrected chi connectivity index (χ3v) is 3.46. The fraction of sp³-hybridized carbons (Fsp3) is 0.231. The van der Waals surface area contributed by atoms with E-state index < -0.39 is 11.8 Å². The number of benzene rings is 1. The zero-order valence-electron chi connectivity index (χ0n) is 9.81. The number of aromatic carboxylic acids is 1. The van der Waals surface area contributed by atoms with Crippen LogP contribution in [-0.2, 0) is 0 Å². The molecule has 6 heteroatoms. The molecular formula is C13H10ClFN2O2. The van der Waals surface area contributed by atoms with Gasteiger partial charge in [-0.1, -0.05) is 17.7 Å². The van der Waals surface area contributed by atoms with Gasteiger partial charge in [0.15, 0.2) is 0 Å². The summed E-state index contributed by atoms with van der Waals surface area (Å²) in [7, 11) is 0. The van der Waals surface area contributed by atoms with Crippen LogP contribution >= 0.6 is 11.6 Å². The van der Waals surface area contributed by atoms with E-state index in [2.05, 4.69) is 5.10 Å². The minimum absolute atomic E-state index is 0.110. The van der Waals surface area contributed by atoms with Gasteiger partial charge in [-0.2, -0.15) is 5.10 Å². The second kappa shape index (κ2) is 4.35. The summed E-state index contributed by atoms with van der Waals surface area (Å²) in [6.45, 7) is 0. The van der Waals surface area contributed by atoms with Crippen LogP contribution in [0.2, 0.25) is 5.02 Å². The summed E-state index contributed by atoms with van der Waals surface area (Å²) < 4.78 is 15.2. The minimum atomic E-state index is -1.05. The summed E-state index contributed by atoms with van der Waals surface area (Å²) in [6.07, 6.45) is 3.02. The van der Waals surface area contributed by atoms with Crippen molar-refractivity contribution < 1.29 is 14.3 Å². The normalized spacial score (nSPS) is 14.6. The second-order valence-corrected chi connectivity index (χ2v) is 4.91. The lowest BCUT2D eigenvalue weighted by Gasteiger charge is -2.10. The molecule has 1 aliphatic rings. The van der Waals surface area contributed by atoms with Crippen LogP contribution in [0.15, 0.2) is 24.4 Å². The van der Waals surface area contributed by atoms with Crippen molar-refractivity contribution in [1.29, 1.82) is 0 Å². The molecule has 1 aromatic carbocycles. The first-order valence-corrected chi connectivity index (χ1v) is 6.23. The van der Waals surface area contributed by atoms with Crippen LogP contribution in [0.3, 0.4) is 0 Å². The Hall–Kier alpha value is -1.88. The zero-order chi connectivity index (χ0) is 13.6. The molecule has 1 fully saturated rings. The van der Waals surface area contributed by atoms with E-state index in [1.165, 1.54) is 23.0 Å². The molecule has 19 heavy (non-hydrogen) atoms. The van der Waals surface area contributed by atoms with Gasteiger partial charge in [-0.15, -0.1) is 0 Å². The lowest BCUT2D eigenvalue weighted by molar-refractivity contribution is 0.0695. The maximum Gasteiger partial charge on any atom is 0.339 e. The first kappa shape index (κ1) is 12.2. The van der Waals surface area contributed by atoms with Gasteiger partial charge in [0.2, 0.25) is 0 Å². The lowest BCUT2D eigenvalue weighted by Crippen LogP contribution is -2.07. The Kier molecular flexibility index (Phi) is 2.78. The van der Waals surface area contributed by atoms with Gasteiger partial charge in [0, 0.05) is 5.92 Å². The minimum Gasteiger partial charge on any atom is -0.478 e. The van der Waals surface area contributed by atoms with Crippen molar-refractivity contribution in [2.24, 2.45) is 0 Å². The number of aromatic nitrogens is 2. The molecule has 1 saturated carbocycles. The van der Waals surface area contributed by atoms with Crippen molar-refractivity contribution in [1.82, 2.24) is 9.78 Å². The van der Waals surface area contributed by atoms with Crippen molar-refractivity contribution >= 4 is 17.6 Å². The van der Waals surface area contributed by atoms with Crippen LogP contribution in [0.4, 0.5) is 4.39 Å². The van der Waals surface area contributed by atoms with Crippen molar-refractivity contribution in [2.45, 2.75) is 18.8 Å². The van der Waals surface area contributed by atoms with E-state index in [1.54, 1.807) is 6.07 Å². The van der Waals surface area contributed by atoms with E-state index in [0.717, 1.165) is 12.8 Å². The van der Waals surface area contributed by atoms with Gasteiger partial charge in [-0.3, -0.25) is 0 Å². The average Bonchev–Trinajstić information content (AvgIpc) is 3.09. The molecule has 0 saturated heterocycles. The molecule has 2 aromatic rings. The molecule has 1 heterocycles. The van der Waals surface area contributed by atoms with Crippen molar-refractivity contribution in [3.8, 4) is 5.69 Å². The molecule has 1 aromatic heterocycles. The highest BCUT2D eigenvalue weighted by atomic mass is 35.5. The topological polar surface area (TPSA) is 55.1 Å². The number of rotatable bonds is 3. The number of nitrogens with zero attached hydrogens (tertiary/aromatic N) is 2. The standard InChI is InChI=1S/C13H10ClFN2O2/c14-9-2-1-3-10(15)12(9)17-11(7-4-5-7)8(6-16-17)13(18)19/h1-3,6-7H,4-5H2,(H,18,19). The maximum absolute atomic E-state index is 13.9. The summed E-state index contributed by atoms with van der Waals surface area (Å²) in [5.74, 6) is -1.46. The van der Waals surface area contributed by atoms with Gasteiger partial charge in [-0.05, 0) is 25.0 Å². The van der Waals surface area contributed by atoms with Gasteiger partial charge < -0.3 is 5.11 Å². The Morgan fingerprint density at radius 3 is 2.79 bits per heavy atom. The van der Waals surface area contributed by atoms with Crippen LogP contribution in [0.1, 0.15) is 34.8 Å². The maximum atomic E-state index is 13.9. The SMILES string of the molecule is O=C(O)c1cnn(-c2c(F)cccc2Cl)c1C1CC1. The largest absolute Gasteiger partial charge is 0.478 e. The van der Waals surface area contributed by atoms with Gasteiger partial charge in [0.25, 0.3) is 0 Å². The fourth-order valence-electron chi connectivity index (χ4n) is 2.14. The van der Waals surface area contributed by atoms with Crippen LogP contribution in [0.5, 0.6) is 0 Å². The van der Waals surface area contributed by atoms with Gasteiger partial charge in [0.05, 0.1) is 16.9 Å².